The molecule has 3 aliphatic rings. The van der Waals surface area contributed by atoms with Gasteiger partial charge in [-0.05, 0) is 118 Å². The largest absolute Gasteiger partial charge is 0.284 e. The van der Waals surface area contributed by atoms with Gasteiger partial charge in [0.15, 0.2) is 0 Å². The van der Waals surface area contributed by atoms with Crippen LogP contribution < -0.4 is 0 Å². The molecule has 2 heterocycles. The predicted molar refractivity (Wildman–Crippen MR) is 227 cm³/mol. The van der Waals surface area contributed by atoms with Crippen LogP contribution in [0.25, 0.3) is 66.8 Å². The van der Waals surface area contributed by atoms with E-state index in [1.807, 2.05) is 12.3 Å². The summed E-state index contributed by atoms with van der Waals surface area (Å²) in [4.78, 5) is 10.1. The summed E-state index contributed by atoms with van der Waals surface area (Å²) in [6, 6.07) is 35.6. The van der Waals surface area contributed by atoms with E-state index in [0.717, 1.165) is 29.6 Å². The molecule has 2 unspecified atom stereocenters. The topological polar surface area (TPSA) is 25.2 Å². The van der Waals surface area contributed by atoms with Crippen molar-refractivity contribution >= 4 is 39.5 Å². The van der Waals surface area contributed by atoms with Gasteiger partial charge in [0.1, 0.15) is 0 Å². The van der Waals surface area contributed by atoms with E-state index in [2.05, 4.69) is 167 Å². The summed E-state index contributed by atoms with van der Waals surface area (Å²) in [5.41, 5.74) is 18.5. The van der Waals surface area contributed by atoms with Crippen molar-refractivity contribution in [3.8, 4) is 33.5 Å². The van der Waals surface area contributed by atoms with E-state index in [1.165, 1.54) is 82.9 Å². The van der Waals surface area contributed by atoms with Gasteiger partial charge >= 0.3 is 0 Å². The minimum Gasteiger partial charge on any atom is -0.284 e. The number of para-hydroxylation sites is 1. The van der Waals surface area contributed by atoms with Crippen LogP contribution in [-0.2, 0) is 6.42 Å². The van der Waals surface area contributed by atoms with Crippen molar-refractivity contribution in [2.45, 2.75) is 39.7 Å². The molecule has 2 atom stereocenters. The van der Waals surface area contributed by atoms with Crippen molar-refractivity contribution in [2.75, 3.05) is 0 Å². The molecule has 9 rings (SSSR count). The maximum atomic E-state index is 5.28. The van der Waals surface area contributed by atoms with Crippen LogP contribution in [0, 0.1) is 19.8 Å². The number of hydrogen-bond donors (Lipinski definition) is 0. The fraction of sp³-hybridized carbons (Fsp3) is 0.137. The summed E-state index contributed by atoms with van der Waals surface area (Å²) in [6.45, 7) is 10.8. The predicted octanol–water partition coefficient (Wildman–Crippen LogP) is 13.0. The quantitative estimate of drug-likeness (QED) is 0.127. The Labute approximate surface area is 312 Å². The zero-order valence-electron chi connectivity index (χ0n) is 30.6. The molecule has 5 aromatic carbocycles. The van der Waals surface area contributed by atoms with Crippen molar-refractivity contribution in [3.63, 3.8) is 0 Å². The highest BCUT2D eigenvalue weighted by Gasteiger charge is 2.28. The Bertz CT molecular complexity index is 2660. The van der Waals surface area contributed by atoms with E-state index in [0.29, 0.717) is 5.92 Å². The maximum absolute atomic E-state index is 5.28. The van der Waals surface area contributed by atoms with Crippen molar-refractivity contribution in [2.24, 2.45) is 10.9 Å². The second-order valence-electron chi connectivity index (χ2n) is 14.5. The molecule has 0 saturated carbocycles. The van der Waals surface area contributed by atoms with E-state index < -0.39 is 0 Å². The lowest BCUT2D eigenvalue weighted by molar-refractivity contribution is 0.645. The summed E-state index contributed by atoms with van der Waals surface area (Å²) in [5.74, 6) is 0.318. The zero-order chi connectivity index (χ0) is 36.1. The molecule has 0 radical (unpaired) electrons. The van der Waals surface area contributed by atoms with E-state index in [4.69, 9.17) is 9.98 Å². The highest BCUT2D eigenvalue weighted by atomic mass is 14.8. The lowest BCUT2D eigenvalue weighted by atomic mass is 9.78. The number of aryl methyl sites for hydroxylation is 2. The monoisotopic (exact) mass is 682 g/mol. The van der Waals surface area contributed by atoms with E-state index in [9.17, 15) is 0 Å². The van der Waals surface area contributed by atoms with Crippen molar-refractivity contribution in [3.05, 3.63) is 185 Å². The molecule has 0 fully saturated rings. The van der Waals surface area contributed by atoms with Gasteiger partial charge in [-0.25, -0.2) is 4.98 Å². The number of pyridine rings is 1. The molecular weight excluding hydrogens is 641 g/mol. The molecule has 6 aromatic rings. The summed E-state index contributed by atoms with van der Waals surface area (Å²) >= 11 is 0. The minimum absolute atomic E-state index is 0.148. The first-order chi connectivity index (χ1) is 26.0. The molecule has 1 aromatic heterocycles. The number of rotatable bonds is 6. The van der Waals surface area contributed by atoms with Crippen LogP contribution in [0.3, 0.4) is 0 Å². The molecule has 2 aliphatic carbocycles. The Balaban J connectivity index is 1.13. The van der Waals surface area contributed by atoms with Gasteiger partial charge in [-0.1, -0.05) is 140 Å². The van der Waals surface area contributed by atoms with Crippen LogP contribution in [0.1, 0.15) is 41.2 Å². The summed E-state index contributed by atoms with van der Waals surface area (Å²) in [5, 5.41) is 3.64. The third-order valence-corrected chi connectivity index (χ3v) is 11.5. The van der Waals surface area contributed by atoms with Gasteiger partial charge in [-0.2, -0.15) is 0 Å². The van der Waals surface area contributed by atoms with Crippen molar-refractivity contribution < 1.29 is 0 Å². The van der Waals surface area contributed by atoms with Crippen LogP contribution >= 0.6 is 0 Å². The van der Waals surface area contributed by atoms with Gasteiger partial charge in [0.05, 0.1) is 17.3 Å². The SMILES string of the molecule is C=C/C=C(\C1=C(C)C2N=CC=CC2C=C1)c1ccc(-c2ccc(-c3nc4ccccc4c4c(C)c(-c5ccccc5C)ccc34)cc2)c2c1CCC=C2. The maximum Gasteiger partial charge on any atom is 0.0812 e. The lowest BCUT2D eigenvalue weighted by Crippen LogP contribution is -2.23. The van der Waals surface area contributed by atoms with Gasteiger partial charge in [0.2, 0.25) is 0 Å². The molecule has 2 heteroatoms. The van der Waals surface area contributed by atoms with Gasteiger partial charge in [0, 0.05) is 28.5 Å². The first-order valence-corrected chi connectivity index (χ1v) is 18.8. The highest BCUT2D eigenvalue weighted by molar-refractivity contribution is 6.14. The van der Waals surface area contributed by atoms with Gasteiger partial charge in [0.25, 0.3) is 0 Å². The second-order valence-corrected chi connectivity index (χ2v) is 14.5. The average Bonchev–Trinajstić information content (AvgIpc) is 3.20. The number of nitrogens with zero attached hydrogens (tertiary/aromatic N) is 2. The molecule has 0 bridgehead atoms. The molecule has 256 valence electrons. The summed E-state index contributed by atoms with van der Waals surface area (Å²) in [6.07, 6.45) is 21.6. The van der Waals surface area contributed by atoms with Crippen LogP contribution in [-0.4, -0.2) is 17.2 Å². The fourth-order valence-corrected chi connectivity index (χ4v) is 8.81. The first-order valence-electron chi connectivity index (χ1n) is 18.8. The second kappa shape index (κ2) is 13.5. The fourth-order valence-electron chi connectivity index (χ4n) is 8.81. The number of hydrogen-bond acceptors (Lipinski definition) is 2. The third kappa shape index (κ3) is 5.57. The number of fused-ring (bicyclic) bond motifs is 5. The van der Waals surface area contributed by atoms with Crippen molar-refractivity contribution in [1.82, 2.24) is 4.98 Å². The Morgan fingerprint density at radius 2 is 1.55 bits per heavy atom. The zero-order valence-corrected chi connectivity index (χ0v) is 30.6. The van der Waals surface area contributed by atoms with Crippen LogP contribution in [0.15, 0.2) is 162 Å². The lowest BCUT2D eigenvalue weighted by Gasteiger charge is -2.29. The Morgan fingerprint density at radius 1 is 0.755 bits per heavy atom. The Morgan fingerprint density at radius 3 is 2.40 bits per heavy atom. The number of benzene rings is 5. The number of dihydropyridines is 1. The number of aliphatic imine (C=N–C) groups is 1. The number of allylic oxidation sites excluding steroid dienone is 7. The molecule has 2 nitrogen and oxygen atoms in total. The average molecular weight is 683 g/mol. The molecule has 0 saturated heterocycles. The molecular formula is C51H42N2. The summed E-state index contributed by atoms with van der Waals surface area (Å²) < 4.78 is 0. The number of aromatic nitrogens is 1. The van der Waals surface area contributed by atoms with Gasteiger partial charge in [-0.15, -0.1) is 0 Å². The standard InChI is InChI=1S/C51H42N2/c1-5-13-42(40-26-25-36-15-12-31-52-50(36)34(40)4)45-29-28-41(43-17-8-9-18-44(43)45)35-21-23-37(24-22-35)51-47-30-27-39(38-16-7-6-14-32(38)2)33(3)49(47)46-19-10-11-20-48(46)53-51/h5-8,10-17,19-31,36,50H,1,9,18H2,2-4H3/b42-13+. The van der Waals surface area contributed by atoms with E-state index in [1.54, 1.807) is 0 Å². The molecule has 1 aliphatic heterocycles. The van der Waals surface area contributed by atoms with Gasteiger partial charge in [-0.3, -0.25) is 4.99 Å². The van der Waals surface area contributed by atoms with Crippen LogP contribution in [0.2, 0.25) is 0 Å². The minimum atomic E-state index is 0.148. The van der Waals surface area contributed by atoms with Gasteiger partial charge < -0.3 is 0 Å². The molecule has 0 N–H and O–H groups in total. The molecule has 0 amide bonds. The Kier molecular flexibility index (Phi) is 8.32. The van der Waals surface area contributed by atoms with Crippen molar-refractivity contribution in [1.29, 1.82) is 0 Å². The smallest absolute Gasteiger partial charge is 0.0812 e. The Hall–Kier alpha value is -6.12. The third-order valence-electron chi connectivity index (χ3n) is 11.5. The summed E-state index contributed by atoms with van der Waals surface area (Å²) in [7, 11) is 0. The van der Waals surface area contributed by atoms with E-state index >= 15 is 0 Å². The molecule has 0 spiro atoms. The highest BCUT2D eigenvalue weighted by Crippen LogP contribution is 2.43. The van der Waals surface area contributed by atoms with E-state index in [-0.39, 0.29) is 6.04 Å². The normalized spacial score (nSPS) is 17.8. The molecule has 53 heavy (non-hydrogen) atoms. The van der Waals surface area contributed by atoms with Crippen LogP contribution in [0.4, 0.5) is 0 Å². The van der Waals surface area contributed by atoms with Crippen LogP contribution in [0.5, 0.6) is 0 Å². The first kappa shape index (κ1) is 32.8.